The van der Waals surface area contributed by atoms with Gasteiger partial charge in [0.25, 0.3) is 5.91 Å². The van der Waals surface area contributed by atoms with Crippen LogP contribution in [0.5, 0.6) is 0 Å². The number of hydrogen-bond donors (Lipinski definition) is 3. The summed E-state index contributed by atoms with van der Waals surface area (Å²) in [6.07, 6.45) is 2.99. The van der Waals surface area contributed by atoms with Gasteiger partial charge in [-0.2, -0.15) is 0 Å². The summed E-state index contributed by atoms with van der Waals surface area (Å²) >= 11 is 1.37. The maximum absolute atomic E-state index is 11.7. The van der Waals surface area contributed by atoms with Crippen molar-refractivity contribution in [3.8, 4) is 0 Å². The number of nitrogens with zero attached hydrogens (tertiary/aromatic N) is 2. The summed E-state index contributed by atoms with van der Waals surface area (Å²) in [5.74, 6) is -0.422. The lowest BCUT2D eigenvalue weighted by atomic mass is 10.3. The highest BCUT2D eigenvalue weighted by Gasteiger charge is 2.09. The third kappa shape index (κ3) is 3.51. The molecule has 0 aliphatic heterocycles. The Morgan fingerprint density at radius 1 is 1.15 bits per heavy atom. The Labute approximate surface area is 119 Å². The highest BCUT2D eigenvalue weighted by Crippen LogP contribution is 2.20. The van der Waals surface area contributed by atoms with Gasteiger partial charge in [0.1, 0.15) is 0 Å². The first-order valence-electron chi connectivity index (χ1n) is 5.77. The second-order valence-electron chi connectivity index (χ2n) is 3.93. The lowest BCUT2D eigenvalue weighted by molar-refractivity contribution is 0.0938. The van der Waals surface area contributed by atoms with E-state index < -0.39 is 11.9 Å². The molecule has 0 aliphatic carbocycles. The first kappa shape index (κ1) is 13.9. The van der Waals surface area contributed by atoms with Gasteiger partial charge in [0.2, 0.25) is 0 Å². The molecule has 0 saturated heterocycles. The average Bonchev–Trinajstić information content (AvgIpc) is 2.75. The summed E-state index contributed by atoms with van der Waals surface area (Å²) < 4.78 is 0. The van der Waals surface area contributed by atoms with Crippen molar-refractivity contribution < 1.29 is 9.59 Å². The number of thiazole rings is 1. The smallest absolute Gasteiger partial charge is 0.282 e. The van der Waals surface area contributed by atoms with Crippen molar-refractivity contribution in [2.45, 2.75) is 13.8 Å². The lowest BCUT2D eigenvalue weighted by Gasteiger charge is -2.07. The molecule has 2 aromatic rings. The van der Waals surface area contributed by atoms with Gasteiger partial charge in [0.15, 0.2) is 5.13 Å². The van der Waals surface area contributed by atoms with Crippen molar-refractivity contribution in [1.29, 1.82) is 0 Å². The van der Waals surface area contributed by atoms with Gasteiger partial charge >= 0.3 is 6.03 Å². The van der Waals surface area contributed by atoms with Crippen molar-refractivity contribution in [1.82, 2.24) is 20.8 Å². The molecule has 2 aromatic heterocycles. The number of hydrogen-bond acceptors (Lipinski definition) is 5. The van der Waals surface area contributed by atoms with Crippen LogP contribution in [0.1, 0.15) is 20.9 Å². The Bertz CT molecular complexity index is 607. The fraction of sp³-hybridized carbons (Fsp3) is 0.167. The van der Waals surface area contributed by atoms with E-state index >= 15 is 0 Å². The average molecular weight is 291 g/mol. The second-order valence-corrected chi connectivity index (χ2v) is 5.13. The minimum Gasteiger partial charge on any atom is -0.282 e. The SMILES string of the molecule is Cc1nc(NC(=O)NNC(=O)c2ccncc2)sc1C. The van der Waals surface area contributed by atoms with Gasteiger partial charge in [-0.05, 0) is 26.0 Å². The number of nitrogens with one attached hydrogen (secondary N) is 3. The van der Waals surface area contributed by atoms with E-state index in [9.17, 15) is 9.59 Å². The van der Waals surface area contributed by atoms with Gasteiger partial charge in [-0.25, -0.2) is 15.2 Å². The molecular weight excluding hydrogens is 278 g/mol. The molecule has 2 heterocycles. The molecule has 3 N–H and O–H groups in total. The van der Waals surface area contributed by atoms with Crippen molar-refractivity contribution in [3.63, 3.8) is 0 Å². The van der Waals surface area contributed by atoms with Crippen molar-refractivity contribution in [2.24, 2.45) is 0 Å². The first-order valence-corrected chi connectivity index (χ1v) is 6.59. The van der Waals surface area contributed by atoms with Gasteiger partial charge in [0, 0.05) is 22.8 Å². The molecule has 0 saturated carbocycles. The van der Waals surface area contributed by atoms with Crippen molar-refractivity contribution in [3.05, 3.63) is 40.7 Å². The normalized spacial score (nSPS) is 9.90. The Morgan fingerprint density at radius 3 is 2.45 bits per heavy atom. The van der Waals surface area contributed by atoms with Crippen LogP contribution in [-0.4, -0.2) is 21.9 Å². The first-order chi connectivity index (χ1) is 9.56. The number of anilines is 1. The zero-order valence-corrected chi connectivity index (χ0v) is 11.7. The molecule has 0 bridgehead atoms. The van der Waals surface area contributed by atoms with Gasteiger partial charge in [0.05, 0.1) is 5.69 Å². The van der Waals surface area contributed by atoms with Crippen LogP contribution in [-0.2, 0) is 0 Å². The molecule has 0 aromatic carbocycles. The van der Waals surface area contributed by atoms with Crippen LogP contribution in [0.4, 0.5) is 9.93 Å². The zero-order chi connectivity index (χ0) is 14.5. The topological polar surface area (TPSA) is 96.0 Å². The van der Waals surface area contributed by atoms with E-state index in [0.29, 0.717) is 10.7 Å². The molecule has 20 heavy (non-hydrogen) atoms. The van der Waals surface area contributed by atoms with Crippen LogP contribution in [0.15, 0.2) is 24.5 Å². The minimum atomic E-state index is -0.554. The summed E-state index contributed by atoms with van der Waals surface area (Å²) in [6.45, 7) is 3.78. The van der Waals surface area contributed by atoms with E-state index in [2.05, 4.69) is 26.1 Å². The summed E-state index contributed by atoms with van der Waals surface area (Å²) in [5, 5.41) is 3.02. The molecule has 0 aliphatic rings. The summed E-state index contributed by atoms with van der Waals surface area (Å²) in [5.41, 5.74) is 5.81. The van der Waals surface area contributed by atoms with Crippen LogP contribution >= 0.6 is 11.3 Å². The molecule has 0 spiro atoms. The second kappa shape index (κ2) is 6.11. The molecule has 2 rings (SSSR count). The number of hydrazine groups is 1. The van der Waals surface area contributed by atoms with Crippen LogP contribution < -0.4 is 16.2 Å². The number of carbonyl (C=O) groups excluding carboxylic acids is 2. The highest BCUT2D eigenvalue weighted by atomic mass is 32.1. The largest absolute Gasteiger partial charge is 0.339 e. The molecule has 8 heteroatoms. The predicted molar refractivity (Wildman–Crippen MR) is 75.4 cm³/mol. The molecule has 3 amide bonds. The van der Waals surface area contributed by atoms with Crippen molar-refractivity contribution in [2.75, 3.05) is 5.32 Å². The number of aromatic nitrogens is 2. The number of carbonyl (C=O) groups is 2. The summed E-state index contributed by atoms with van der Waals surface area (Å²) in [6, 6.07) is 2.53. The molecule has 0 fully saturated rings. The number of urea groups is 1. The Kier molecular flexibility index (Phi) is 4.26. The summed E-state index contributed by atoms with van der Waals surface area (Å²) in [4.78, 5) is 32.2. The molecule has 0 unspecified atom stereocenters. The fourth-order valence-electron chi connectivity index (χ4n) is 1.34. The number of aryl methyl sites for hydroxylation is 2. The van der Waals surface area contributed by atoms with Crippen LogP contribution in [0, 0.1) is 13.8 Å². The maximum Gasteiger partial charge on any atom is 0.339 e. The number of rotatable bonds is 2. The molecule has 104 valence electrons. The van der Waals surface area contributed by atoms with E-state index in [4.69, 9.17) is 0 Å². The van der Waals surface area contributed by atoms with Crippen LogP contribution in [0.3, 0.4) is 0 Å². The van der Waals surface area contributed by atoms with Gasteiger partial charge < -0.3 is 0 Å². The summed E-state index contributed by atoms with van der Waals surface area (Å²) in [7, 11) is 0. The quantitative estimate of drug-likeness (QED) is 0.733. The predicted octanol–water partition coefficient (Wildman–Crippen LogP) is 1.62. The highest BCUT2D eigenvalue weighted by molar-refractivity contribution is 7.15. The third-order valence-corrected chi connectivity index (χ3v) is 3.47. The molecule has 0 atom stereocenters. The van der Waals surface area contributed by atoms with E-state index in [0.717, 1.165) is 10.6 Å². The molecule has 7 nitrogen and oxygen atoms in total. The van der Waals surface area contributed by atoms with Crippen molar-refractivity contribution >= 4 is 28.4 Å². The standard InChI is InChI=1S/C12H13N5O2S/c1-7-8(2)20-12(14-7)15-11(19)17-16-10(18)9-3-5-13-6-4-9/h3-6H,1-2H3,(H,16,18)(H2,14,15,17,19). The lowest BCUT2D eigenvalue weighted by Crippen LogP contribution is -2.43. The van der Waals surface area contributed by atoms with E-state index in [1.165, 1.54) is 23.7 Å². The van der Waals surface area contributed by atoms with Crippen LogP contribution in [0.25, 0.3) is 0 Å². The Morgan fingerprint density at radius 2 is 1.85 bits per heavy atom. The fourth-order valence-corrected chi connectivity index (χ4v) is 2.15. The molecule has 0 radical (unpaired) electrons. The van der Waals surface area contributed by atoms with E-state index in [-0.39, 0.29) is 0 Å². The maximum atomic E-state index is 11.7. The van der Waals surface area contributed by atoms with Gasteiger partial charge in [-0.1, -0.05) is 0 Å². The zero-order valence-electron chi connectivity index (χ0n) is 10.9. The Balaban J connectivity index is 1.85. The Hall–Kier alpha value is -2.48. The third-order valence-electron chi connectivity index (χ3n) is 2.48. The van der Waals surface area contributed by atoms with Gasteiger partial charge in [-0.15, -0.1) is 11.3 Å². The van der Waals surface area contributed by atoms with E-state index in [1.54, 1.807) is 12.1 Å². The number of amides is 3. The minimum absolute atomic E-state index is 0.404. The number of pyridine rings is 1. The van der Waals surface area contributed by atoms with Crippen LogP contribution in [0.2, 0.25) is 0 Å². The van der Waals surface area contributed by atoms with Gasteiger partial charge in [-0.3, -0.25) is 20.5 Å². The molecular formula is C12H13N5O2S. The monoisotopic (exact) mass is 291 g/mol. The van der Waals surface area contributed by atoms with E-state index in [1.807, 2.05) is 13.8 Å².